The van der Waals surface area contributed by atoms with E-state index in [0.29, 0.717) is 29.9 Å². The van der Waals surface area contributed by atoms with Crippen LogP contribution in [-0.2, 0) is 20.9 Å². The molecule has 3 N–H and O–H groups in total. The molecule has 9 nitrogen and oxygen atoms in total. The van der Waals surface area contributed by atoms with Crippen molar-refractivity contribution in [2.75, 3.05) is 12.4 Å². The molecule has 4 atom stereocenters. The van der Waals surface area contributed by atoms with E-state index in [4.69, 9.17) is 4.18 Å². The number of rotatable bonds is 6. The Hall–Kier alpha value is -2.60. The van der Waals surface area contributed by atoms with Crippen LogP contribution in [0, 0.1) is 5.82 Å². The van der Waals surface area contributed by atoms with Crippen molar-refractivity contribution in [3.8, 4) is 0 Å². The van der Waals surface area contributed by atoms with Gasteiger partial charge >= 0.3 is 10.3 Å². The van der Waals surface area contributed by atoms with Crippen molar-refractivity contribution in [1.82, 2.24) is 19.3 Å². The number of fused-ring (bicyclic) bond motifs is 2. The smallest absolute Gasteiger partial charge is 0.335 e. The molecule has 0 bridgehead atoms. The molecule has 2 heterocycles. The van der Waals surface area contributed by atoms with Gasteiger partial charge in [-0.05, 0) is 43.4 Å². The molecule has 2 aliphatic rings. The standard InChI is InChI=1S/C21H24FN5O4S/c1-23-32(29,30)31-18-10-13(9-17(18)28)27-8-7-14-20(24-11-25-21(14)27)26-16-6-5-12-3-2-4-15(22)19(12)16/h2-4,7-8,11,13,16-18,23,28H,5-6,9-10H2,1H3,(H,24,25,26)/t13-,16-,17+,18+/m0/s1. The SMILES string of the molecule is CNS(=O)(=O)O[C@@H]1C[C@@H](n2ccc3c(N[C@H]4CCc5cccc(F)c54)ncnc32)C[C@H]1O. The van der Waals surface area contributed by atoms with Crippen LogP contribution in [0.4, 0.5) is 10.2 Å². The predicted octanol–water partition coefficient (Wildman–Crippen LogP) is 2.22. The van der Waals surface area contributed by atoms with Crippen molar-refractivity contribution in [3.63, 3.8) is 0 Å². The number of aromatic nitrogens is 3. The van der Waals surface area contributed by atoms with Gasteiger partial charge in [0.15, 0.2) is 0 Å². The number of hydrogen-bond donors (Lipinski definition) is 3. The van der Waals surface area contributed by atoms with Crippen LogP contribution in [0.2, 0.25) is 0 Å². The first-order valence-electron chi connectivity index (χ1n) is 10.5. The van der Waals surface area contributed by atoms with E-state index in [1.807, 2.05) is 22.9 Å². The molecule has 0 unspecified atom stereocenters. The lowest BCUT2D eigenvalue weighted by molar-refractivity contribution is 0.0635. The summed E-state index contributed by atoms with van der Waals surface area (Å²) < 4.78 is 46.9. The number of halogens is 1. The van der Waals surface area contributed by atoms with Crippen LogP contribution < -0.4 is 10.0 Å². The van der Waals surface area contributed by atoms with Gasteiger partial charge in [0.05, 0.1) is 17.5 Å². The first-order chi connectivity index (χ1) is 15.4. The van der Waals surface area contributed by atoms with Crippen molar-refractivity contribution < 1.29 is 22.1 Å². The highest BCUT2D eigenvalue weighted by atomic mass is 32.2. The van der Waals surface area contributed by atoms with Gasteiger partial charge in [0.2, 0.25) is 0 Å². The maximum absolute atomic E-state index is 14.4. The van der Waals surface area contributed by atoms with Gasteiger partial charge in [0.1, 0.15) is 29.7 Å². The molecule has 0 saturated heterocycles. The Morgan fingerprint density at radius 3 is 2.91 bits per heavy atom. The molecule has 1 aromatic carbocycles. The van der Waals surface area contributed by atoms with Crippen molar-refractivity contribution in [3.05, 3.63) is 53.7 Å². The van der Waals surface area contributed by atoms with Crippen LogP contribution >= 0.6 is 0 Å². The van der Waals surface area contributed by atoms with E-state index >= 15 is 0 Å². The summed E-state index contributed by atoms with van der Waals surface area (Å²) in [5, 5.41) is 14.5. The summed E-state index contributed by atoms with van der Waals surface area (Å²) >= 11 is 0. The summed E-state index contributed by atoms with van der Waals surface area (Å²) in [5.74, 6) is 0.391. The summed E-state index contributed by atoms with van der Waals surface area (Å²) in [6.07, 6.45) is 3.77. The minimum absolute atomic E-state index is 0.175. The van der Waals surface area contributed by atoms with E-state index in [2.05, 4.69) is 20.0 Å². The van der Waals surface area contributed by atoms with E-state index in [9.17, 15) is 17.9 Å². The third kappa shape index (κ3) is 3.75. The van der Waals surface area contributed by atoms with Crippen LogP contribution in [0.15, 0.2) is 36.8 Å². The number of nitrogens with one attached hydrogen (secondary N) is 2. The van der Waals surface area contributed by atoms with Crippen LogP contribution in [0.3, 0.4) is 0 Å². The average molecular weight is 462 g/mol. The largest absolute Gasteiger partial charge is 0.390 e. The molecule has 0 spiro atoms. The normalized spacial score (nSPS) is 25.3. The maximum Gasteiger partial charge on any atom is 0.335 e. The Balaban J connectivity index is 1.40. The lowest BCUT2D eigenvalue weighted by Crippen LogP contribution is -2.31. The van der Waals surface area contributed by atoms with Gasteiger partial charge in [-0.1, -0.05) is 12.1 Å². The fourth-order valence-electron chi connectivity index (χ4n) is 4.82. The van der Waals surface area contributed by atoms with Gasteiger partial charge in [0.25, 0.3) is 0 Å². The minimum atomic E-state index is -3.90. The highest BCUT2D eigenvalue weighted by Gasteiger charge is 2.38. The number of nitrogens with zero attached hydrogens (tertiary/aromatic N) is 3. The number of aliphatic hydroxyl groups excluding tert-OH is 1. The molecule has 1 fully saturated rings. The number of benzene rings is 1. The van der Waals surface area contributed by atoms with Gasteiger partial charge in [0, 0.05) is 24.8 Å². The summed E-state index contributed by atoms with van der Waals surface area (Å²) in [6, 6.07) is 6.67. The Morgan fingerprint density at radius 2 is 2.09 bits per heavy atom. The van der Waals surface area contributed by atoms with Crippen molar-refractivity contribution in [2.45, 2.75) is 50.0 Å². The molecule has 0 amide bonds. The van der Waals surface area contributed by atoms with Crippen LogP contribution in [-0.4, -0.2) is 47.3 Å². The average Bonchev–Trinajstić information content (AvgIpc) is 3.46. The summed E-state index contributed by atoms with van der Waals surface area (Å²) in [4.78, 5) is 8.79. The highest BCUT2D eigenvalue weighted by molar-refractivity contribution is 7.84. The quantitative estimate of drug-likeness (QED) is 0.515. The molecule has 0 radical (unpaired) electrons. The van der Waals surface area contributed by atoms with Crippen molar-refractivity contribution in [1.29, 1.82) is 0 Å². The number of aliphatic hydroxyl groups is 1. The first-order valence-corrected chi connectivity index (χ1v) is 11.9. The lowest BCUT2D eigenvalue weighted by atomic mass is 10.1. The van der Waals surface area contributed by atoms with Gasteiger partial charge in [-0.2, -0.15) is 13.1 Å². The fraction of sp³-hybridized carbons (Fsp3) is 0.429. The zero-order valence-corrected chi connectivity index (χ0v) is 18.2. The van der Waals surface area contributed by atoms with Gasteiger partial charge in [-0.3, -0.25) is 4.18 Å². The van der Waals surface area contributed by atoms with Crippen LogP contribution in [0.5, 0.6) is 0 Å². The lowest BCUT2D eigenvalue weighted by Gasteiger charge is -2.17. The molecule has 2 aromatic heterocycles. The summed E-state index contributed by atoms with van der Waals surface area (Å²) in [7, 11) is -2.65. The molecule has 3 aromatic rings. The zero-order chi connectivity index (χ0) is 22.5. The topological polar surface area (TPSA) is 118 Å². The molecule has 5 rings (SSSR count). The number of aryl methyl sites for hydroxylation is 1. The molecule has 1 saturated carbocycles. The second-order valence-corrected chi connectivity index (χ2v) is 9.73. The van der Waals surface area contributed by atoms with Gasteiger partial charge in [-0.25, -0.2) is 14.4 Å². The van der Waals surface area contributed by atoms with Crippen LogP contribution in [0.1, 0.15) is 42.5 Å². The summed E-state index contributed by atoms with van der Waals surface area (Å²) in [5.41, 5.74) is 2.35. The first kappa shape index (κ1) is 21.3. The monoisotopic (exact) mass is 461 g/mol. The molecule has 11 heteroatoms. The molecular weight excluding hydrogens is 437 g/mol. The molecular formula is C21H24FN5O4S. The van der Waals surface area contributed by atoms with Crippen LogP contribution in [0.25, 0.3) is 11.0 Å². The number of anilines is 1. The zero-order valence-electron chi connectivity index (χ0n) is 17.4. The molecule has 0 aliphatic heterocycles. The van der Waals surface area contributed by atoms with E-state index in [1.165, 1.54) is 19.4 Å². The highest BCUT2D eigenvalue weighted by Crippen LogP contribution is 2.38. The van der Waals surface area contributed by atoms with E-state index in [-0.39, 0.29) is 17.9 Å². The van der Waals surface area contributed by atoms with Crippen molar-refractivity contribution >= 4 is 27.2 Å². The Bertz CT molecular complexity index is 1260. The van der Waals surface area contributed by atoms with E-state index < -0.39 is 22.5 Å². The summed E-state index contributed by atoms with van der Waals surface area (Å²) in [6.45, 7) is 0. The number of hydrogen-bond acceptors (Lipinski definition) is 7. The molecule has 2 aliphatic carbocycles. The fourth-order valence-corrected chi connectivity index (χ4v) is 5.45. The van der Waals surface area contributed by atoms with Crippen molar-refractivity contribution in [2.24, 2.45) is 0 Å². The van der Waals surface area contributed by atoms with E-state index in [0.717, 1.165) is 23.8 Å². The third-order valence-corrected chi connectivity index (χ3v) is 7.36. The maximum atomic E-state index is 14.4. The van der Waals surface area contributed by atoms with Gasteiger partial charge in [-0.15, -0.1) is 0 Å². The van der Waals surface area contributed by atoms with Gasteiger partial charge < -0.3 is 15.0 Å². The second kappa shape index (κ2) is 8.07. The second-order valence-electron chi connectivity index (χ2n) is 8.22. The Morgan fingerprint density at radius 1 is 1.25 bits per heavy atom. The molecule has 32 heavy (non-hydrogen) atoms. The Kier molecular flexibility index (Phi) is 5.36. The molecule has 170 valence electrons. The third-order valence-electron chi connectivity index (χ3n) is 6.36. The minimum Gasteiger partial charge on any atom is -0.390 e. The Labute approximate surface area is 184 Å². The van der Waals surface area contributed by atoms with E-state index in [1.54, 1.807) is 6.07 Å². The predicted molar refractivity (Wildman–Crippen MR) is 116 cm³/mol.